The second kappa shape index (κ2) is 57.9. The highest BCUT2D eigenvalue weighted by Gasteiger charge is 2.19. The summed E-state index contributed by atoms with van der Waals surface area (Å²) in [5.41, 5.74) is 0. The molecular formula is C65H102O6. The first-order valence-electron chi connectivity index (χ1n) is 28.3. The molecule has 1 unspecified atom stereocenters. The van der Waals surface area contributed by atoms with Gasteiger partial charge in [0.25, 0.3) is 0 Å². The molecule has 6 nitrogen and oxygen atoms in total. The van der Waals surface area contributed by atoms with E-state index in [0.29, 0.717) is 19.3 Å². The molecule has 1 atom stereocenters. The van der Waals surface area contributed by atoms with Crippen LogP contribution in [0.25, 0.3) is 0 Å². The van der Waals surface area contributed by atoms with E-state index in [1.165, 1.54) is 57.8 Å². The van der Waals surface area contributed by atoms with Gasteiger partial charge in [0.05, 0.1) is 6.42 Å². The Kier molecular flexibility index (Phi) is 54.0. The van der Waals surface area contributed by atoms with Crippen LogP contribution in [-0.2, 0) is 28.6 Å². The molecule has 0 aromatic rings. The molecule has 0 amide bonds. The Labute approximate surface area is 436 Å². The van der Waals surface area contributed by atoms with Gasteiger partial charge in [0, 0.05) is 12.8 Å². The molecule has 0 bridgehead atoms. The minimum absolute atomic E-state index is 0.0872. The van der Waals surface area contributed by atoms with Gasteiger partial charge in [0.15, 0.2) is 6.10 Å². The summed E-state index contributed by atoms with van der Waals surface area (Å²) >= 11 is 0. The van der Waals surface area contributed by atoms with Crippen LogP contribution in [0.4, 0.5) is 0 Å². The smallest absolute Gasteiger partial charge is 0.310 e. The average molecular weight is 980 g/mol. The number of carbonyl (C=O) groups is 3. The molecule has 0 radical (unpaired) electrons. The number of ether oxygens (including phenoxy) is 3. The van der Waals surface area contributed by atoms with Crippen LogP contribution in [-0.4, -0.2) is 37.2 Å². The summed E-state index contributed by atoms with van der Waals surface area (Å²) in [5, 5.41) is 0. The fourth-order valence-corrected chi connectivity index (χ4v) is 7.15. The SMILES string of the molecule is CC/C=C\C/C=C\C/C=C\C/C=C\C/C=C\C/C=C\CCCCCCCCCCC(=O)OCC(COC(=O)CCCCCCC/C=C\CCCC)OC(=O)C/C=C\C/C=C\C/C=C\C/C=C\C/C=C\CC. The van der Waals surface area contributed by atoms with E-state index in [9.17, 15) is 14.4 Å². The zero-order valence-corrected chi connectivity index (χ0v) is 45.4. The minimum atomic E-state index is -0.845. The lowest BCUT2D eigenvalue weighted by molar-refractivity contribution is -0.166. The van der Waals surface area contributed by atoms with Gasteiger partial charge in [-0.15, -0.1) is 0 Å². The highest BCUT2D eigenvalue weighted by molar-refractivity contribution is 5.72. The zero-order valence-electron chi connectivity index (χ0n) is 45.4. The molecule has 0 aromatic carbocycles. The third kappa shape index (κ3) is 56.1. The molecule has 0 fully saturated rings. The van der Waals surface area contributed by atoms with Crippen molar-refractivity contribution in [1.29, 1.82) is 0 Å². The monoisotopic (exact) mass is 979 g/mol. The summed E-state index contributed by atoms with van der Waals surface area (Å²) in [6.07, 6.45) is 83.0. The van der Waals surface area contributed by atoms with Crippen molar-refractivity contribution < 1.29 is 28.6 Å². The molecule has 0 aliphatic rings. The maximum absolute atomic E-state index is 12.8. The Balaban J connectivity index is 4.40. The second-order valence-corrected chi connectivity index (χ2v) is 18.1. The lowest BCUT2D eigenvalue weighted by Crippen LogP contribution is -2.30. The second-order valence-electron chi connectivity index (χ2n) is 18.1. The molecule has 0 saturated carbocycles. The van der Waals surface area contributed by atoms with Crippen LogP contribution in [0.2, 0.25) is 0 Å². The largest absolute Gasteiger partial charge is 0.462 e. The predicted octanol–water partition coefficient (Wildman–Crippen LogP) is 19.2. The number of unbranched alkanes of at least 4 members (excludes halogenated alkanes) is 15. The lowest BCUT2D eigenvalue weighted by Gasteiger charge is -2.18. The number of esters is 3. The van der Waals surface area contributed by atoms with Crippen molar-refractivity contribution in [2.45, 2.75) is 232 Å². The third-order valence-electron chi connectivity index (χ3n) is 11.3. The van der Waals surface area contributed by atoms with E-state index < -0.39 is 12.1 Å². The van der Waals surface area contributed by atoms with Crippen molar-refractivity contribution in [3.63, 3.8) is 0 Å². The van der Waals surface area contributed by atoms with Crippen LogP contribution in [0.3, 0.4) is 0 Å². The molecule has 71 heavy (non-hydrogen) atoms. The van der Waals surface area contributed by atoms with Gasteiger partial charge in [-0.05, 0) is 116 Å². The van der Waals surface area contributed by atoms with Crippen molar-refractivity contribution in [2.24, 2.45) is 0 Å². The normalized spacial score (nSPS) is 13.2. The van der Waals surface area contributed by atoms with Gasteiger partial charge in [-0.3, -0.25) is 14.4 Å². The number of hydrogen-bond donors (Lipinski definition) is 0. The minimum Gasteiger partial charge on any atom is -0.462 e. The molecular weight excluding hydrogens is 877 g/mol. The van der Waals surface area contributed by atoms with Crippen molar-refractivity contribution in [2.75, 3.05) is 13.2 Å². The van der Waals surface area contributed by atoms with Gasteiger partial charge in [-0.2, -0.15) is 0 Å². The van der Waals surface area contributed by atoms with Crippen LogP contribution in [0, 0.1) is 0 Å². The Bertz CT molecular complexity index is 1590. The topological polar surface area (TPSA) is 78.9 Å². The third-order valence-corrected chi connectivity index (χ3v) is 11.3. The van der Waals surface area contributed by atoms with E-state index in [-0.39, 0.29) is 31.6 Å². The summed E-state index contributed by atoms with van der Waals surface area (Å²) in [6, 6.07) is 0. The van der Waals surface area contributed by atoms with Gasteiger partial charge in [-0.25, -0.2) is 0 Å². The van der Waals surface area contributed by atoms with Crippen LogP contribution in [0.1, 0.15) is 226 Å². The Morgan fingerprint density at radius 1 is 0.310 bits per heavy atom. The number of allylic oxidation sites excluding steroid dienone is 23. The van der Waals surface area contributed by atoms with Gasteiger partial charge in [-0.1, -0.05) is 237 Å². The molecule has 0 aromatic heterocycles. The summed E-state index contributed by atoms with van der Waals surface area (Å²) in [6.45, 7) is 6.25. The average Bonchev–Trinajstić information content (AvgIpc) is 3.37. The van der Waals surface area contributed by atoms with Gasteiger partial charge >= 0.3 is 17.9 Å². The fraction of sp³-hybridized carbons (Fsp3) is 0.585. The molecule has 0 rings (SSSR count). The summed E-state index contributed by atoms with van der Waals surface area (Å²) in [4.78, 5) is 38.0. The fourth-order valence-electron chi connectivity index (χ4n) is 7.15. The summed E-state index contributed by atoms with van der Waals surface area (Å²) < 4.78 is 16.7. The Morgan fingerprint density at radius 2 is 0.592 bits per heavy atom. The molecule has 0 aliphatic heterocycles. The molecule has 398 valence electrons. The van der Waals surface area contributed by atoms with Crippen LogP contribution >= 0.6 is 0 Å². The molecule has 0 saturated heterocycles. The molecule has 0 heterocycles. The predicted molar refractivity (Wildman–Crippen MR) is 306 cm³/mol. The number of carbonyl (C=O) groups excluding carboxylic acids is 3. The molecule has 0 spiro atoms. The van der Waals surface area contributed by atoms with Crippen molar-refractivity contribution in [3.8, 4) is 0 Å². The maximum Gasteiger partial charge on any atom is 0.310 e. The van der Waals surface area contributed by atoms with Crippen LogP contribution in [0.15, 0.2) is 146 Å². The maximum atomic E-state index is 12.8. The summed E-state index contributed by atoms with van der Waals surface area (Å²) in [5.74, 6) is -1.09. The molecule has 0 N–H and O–H groups in total. The van der Waals surface area contributed by atoms with E-state index in [4.69, 9.17) is 14.2 Å². The van der Waals surface area contributed by atoms with Gasteiger partial charge in [0.2, 0.25) is 0 Å². The van der Waals surface area contributed by atoms with Gasteiger partial charge < -0.3 is 14.2 Å². The first kappa shape index (κ1) is 66.3. The highest BCUT2D eigenvalue weighted by atomic mass is 16.6. The first-order valence-corrected chi connectivity index (χ1v) is 28.3. The van der Waals surface area contributed by atoms with E-state index in [2.05, 4.69) is 154 Å². The van der Waals surface area contributed by atoms with E-state index in [0.717, 1.165) is 122 Å². The van der Waals surface area contributed by atoms with Crippen LogP contribution in [0.5, 0.6) is 0 Å². The standard InChI is InChI=1S/C65H102O6/c1-4-7-10-13-16-19-22-24-26-27-28-29-30-31-32-33-34-35-36-37-39-40-43-46-49-52-55-58-64(67)70-61-62(60-69-63(66)57-54-51-48-45-42-21-18-15-12-9-6-3)71-65(68)59-56-53-50-47-44-41-38-25-23-20-17-14-11-8-5-2/h7-8,10-11,15-20,24-26,28-29,31-32,34-35,38,44,47,53,56,62H,4-6,9,12-14,21-23,27,30,33,36-37,39-43,45-46,48-52,54-55,57-61H2,1-3H3/b10-7-,11-8-,18-15-,19-16-,20-17-,26-24-,29-28-,32-31-,35-34-,38-25-,47-44-,56-53-. The van der Waals surface area contributed by atoms with E-state index in [1.807, 2.05) is 6.08 Å². The highest BCUT2D eigenvalue weighted by Crippen LogP contribution is 2.13. The number of rotatable bonds is 49. The van der Waals surface area contributed by atoms with Crippen LogP contribution < -0.4 is 0 Å². The Hall–Kier alpha value is -4.71. The first-order chi connectivity index (χ1) is 35.0. The zero-order chi connectivity index (χ0) is 51.4. The van der Waals surface area contributed by atoms with E-state index in [1.54, 1.807) is 6.08 Å². The number of hydrogen-bond acceptors (Lipinski definition) is 6. The van der Waals surface area contributed by atoms with Crippen molar-refractivity contribution in [1.82, 2.24) is 0 Å². The van der Waals surface area contributed by atoms with E-state index >= 15 is 0 Å². The molecule has 0 aliphatic carbocycles. The molecule has 6 heteroatoms. The van der Waals surface area contributed by atoms with Gasteiger partial charge in [0.1, 0.15) is 13.2 Å². The quantitative estimate of drug-likeness (QED) is 0.0262. The Morgan fingerprint density at radius 3 is 0.944 bits per heavy atom. The summed E-state index contributed by atoms with van der Waals surface area (Å²) in [7, 11) is 0. The van der Waals surface area contributed by atoms with Crippen molar-refractivity contribution in [3.05, 3.63) is 146 Å². The van der Waals surface area contributed by atoms with Crippen molar-refractivity contribution >= 4 is 17.9 Å². The lowest BCUT2D eigenvalue weighted by atomic mass is 10.1.